The third-order valence-corrected chi connectivity index (χ3v) is 3.37. The number of nitrogens with zero attached hydrogens (tertiary/aromatic N) is 1. The highest BCUT2D eigenvalue weighted by molar-refractivity contribution is 5.36. The normalized spacial score (nSPS) is 11.3. The van der Waals surface area contributed by atoms with Crippen LogP contribution in [0.5, 0.6) is 5.75 Å². The molecule has 0 unspecified atom stereocenters. The number of aliphatic hydroxyl groups excluding tert-OH is 2. The monoisotopic (exact) mass is 281 g/mol. The van der Waals surface area contributed by atoms with Crippen LogP contribution in [-0.2, 0) is 0 Å². The van der Waals surface area contributed by atoms with Gasteiger partial charge in [0.1, 0.15) is 12.4 Å². The third-order valence-electron chi connectivity index (χ3n) is 3.37. The Bertz CT molecular complexity index is 387. The number of aryl methyl sites for hydroxylation is 1. The van der Waals surface area contributed by atoms with E-state index in [0.717, 1.165) is 5.75 Å². The lowest BCUT2D eigenvalue weighted by molar-refractivity contribution is 0.141. The molecule has 0 fully saturated rings. The highest BCUT2D eigenvalue weighted by Crippen LogP contribution is 2.23. The molecule has 0 aliphatic heterocycles. The maximum absolute atomic E-state index is 8.93. The molecule has 0 amide bonds. The predicted octanol–water partition coefficient (Wildman–Crippen LogP) is 1.78. The lowest BCUT2D eigenvalue weighted by Gasteiger charge is -2.20. The van der Waals surface area contributed by atoms with Crippen LogP contribution in [-0.4, -0.2) is 54.6 Å². The van der Waals surface area contributed by atoms with E-state index in [-0.39, 0.29) is 13.2 Å². The molecule has 114 valence electrons. The van der Waals surface area contributed by atoms with E-state index in [4.69, 9.17) is 14.9 Å². The summed E-state index contributed by atoms with van der Waals surface area (Å²) in [6, 6.07) is 6.19. The first kappa shape index (κ1) is 17.0. The van der Waals surface area contributed by atoms with Crippen molar-refractivity contribution in [1.29, 1.82) is 0 Å². The van der Waals surface area contributed by atoms with Gasteiger partial charge >= 0.3 is 0 Å². The molecule has 0 heterocycles. The molecule has 4 nitrogen and oxygen atoms in total. The summed E-state index contributed by atoms with van der Waals surface area (Å²) in [6.07, 6.45) is 0. The molecule has 20 heavy (non-hydrogen) atoms. The highest BCUT2D eigenvalue weighted by atomic mass is 16.5. The Morgan fingerprint density at radius 2 is 1.75 bits per heavy atom. The summed E-state index contributed by atoms with van der Waals surface area (Å²) in [7, 11) is 0. The summed E-state index contributed by atoms with van der Waals surface area (Å²) >= 11 is 0. The van der Waals surface area contributed by atoms with Crippen LogP contribution in [0.25, 0.3) is 0 Å². The Hall–Kier alpha value is -1.10. The number of aliphatic hydroxyl groups is 2. The summed E-state index contributed by atoms with van der Waals surface area (Å²) in [5, 5.41) is 17.9. The molecular formula is C16H27NO3. The molecule has 0 aromatic heterocycles. The van der Waals surface area contributed by atoms with Gasteiger partial charge < -0.3 is 14.9 Å². The van der Waals surface area contributed by atoms with E-state index in [1.807, 2.05) is 11.0 Å². The topological polar surface area (TPSA) is 52.9 Å². The van der Waals surface area contributed by atoms with Crippen LogP contribution in [0.3, 0.4) is 0 Å². The van der Waals surface area contributed by atoms with Crippen molar-refractivity contribution in [2.75, 3.05) is 39.5 Å². The van der Waals surface area contributed by atoms with Gasteiger partial charge in [-0.05, 0) is 36.1 Å². The standard InChI is InChI=1S/C16H27NO3/c1-13(2)16-5-4-15(12-14(16)3)20-11-8-17(6-9-18)7-10-19/h4-5,12-13,18-19H,6-11H2,1-3H3. The minimum absolute atomic E-state index is 0.0994. The first-order valence-electron chi connectivity index (χ1n) is 7.26. The fourth-order valence-corrected chi connectivity index (χ4v) is 2.30. The molecule has 1 rings (SSSR count). The van der Waals surface area contributed by atoms with Gasteiger partial charge in [-0.3, -0.25) is 4.90 Å². The number of benzene rings is 1. The molecule has 0 radical (unpaired) electrons. The van der Waals surface area contributed by atoms with Gasteiger partial charge in [0.2, 0.25) is 0 Å². The molecule has 0 saturated heterocycles. The van der Waals surface area contributed by atoms with Gasteiger partial charge in [-0.25, -0.2) is 0 Å². The average Bonchev–Trinajstić information content (AvgIpc) is 2.39. The fraction of sp³-hybridized carbons (Fsp3) is 0.625. The minimum atomic E-state index is 0.0994. The molecule has 0 aliphatic rings. The van der Waals surface area contributed by atoms with Gasteiger partial charge in [0, 0.05) is 19.6 Å². The zero-order valence-electron chi connectivity index (χ0n) is 12.8. The van der Waals surface area contributed by atoms with Gasteiger partial charge in [-0.2, -0.15) is 0 Å². The fourth-order valence-electron chi connectivity index (χ4n) is 2.30. The molecule has 0 spiro atoms. The van der Waals surface area contributed by atoms with E-state index in [9.17, 15) is 0 Å². The molecule has 0 saturated carbocycles. The maximum Gasteiger partial charge on any atom is 0.119 e. The van der Waals surface area contributed by atoms with Crippen molar-refractivity contribution in [3.05, 3.63) is 29.3 Å². The zero-order valence-corrected chi connectivity index (χ0v) is 12.8. The highest BCUT2D eigenvalue weighted by Gasteiger charge is 2.06. The lowest BCUT2D eigenvalue weighted by Crippen LogP contribution is -2.33. The molecule has 1 aromatic rings. The summed E-state index contributed by atoms with van der Waals surface area (Å²) in [5.74, 6) is 1.40. The number of ether oxygens (including phenoxy) is 1. The van der Waals surface area contributed by atoms with Crippen molar-refractivity contribution < 1.29 is 14.9 Å². The van der Waals surface area contributed by atoms with Crippen LogP contribution in [0.4, 0.5) is 0 Å². The predicted molar refractivity (Wildman–Crippen MR) is 81.4 cm³/mol. The second-order valence-electron chi connectivity index (χ2n) is 5.31. The first-order chi connectivity index (χ1) is 9.58. The quantitative estimate of drug-likeness (QED) is 0.724. The van der Waals surface area contributed by atoms with Crippen LogP contribution < -0.4 is 4.74 Å². The molecular weight excluding hydrogens is 254 g/mol. The number of hydrogen-bond donors (Lipinski definition) is 2. The SMILES string of the molecule is Cc1cc(OCCN(CCO)CCO)ccc1C(C)C. The van der Waals surface area contributed by atoms with Gasteiger partial charge in [-0.1, -0.05) is 19.9 Å². The van der Waals surface area contributed by atoms with E-state index in [1.165, 1.54) is 11.1 Å². The van der Waals surface area contributed by atoms with Crippen molar-refractivity contribution in [2.45, 2.75) is 26.7 Å². The maximum atomic E-state index is 8.93. The van der Waals surface area contributed by atoms with E-state index >= 15 is 0 Å². The molecule has 1 aromatic carbocycles. The van der Waals surface area contributed by atoms with Crippen molar-refractivity contribution in [1.82, 2.24) is 4.90 Å². The van der Waals surface area contributed by atoms with Gasteiger partial charge in [0.15, 0.2) is 0 Å². The second-order valence-corrected chi connectivity index (χ2v) is 5.31. The Labute approximate surface area is 122 Å². The van der Waals surface area contributed by atoms with Crippen LogP contribution in [0.2, 0.25) is 0 Å². The van der Waals surface area contributed by atoms with E-state index < -0.39 is 0 Å². The zero-order chi connectivity index (χ0) is 15.0. The van der Waals surface area contributed by atoms with E-state index in [2.05, 4.69) is 32.9 Å². The Balaban J connectivity index is 2.47. The van der Waals surface area contributed by atoms with Gasteiger partial charge in [-0.15, -0.1) is 0 Å². The molecule has 0 atom stereocenters. The Morgan fingerprint density at radius 1 is 1.10 bits per heavy atom. The van der Waals surface area contributed by atoms with Crippen molar-refractivity contribution in [3.63, 3.8) is 0 Å². The van der Waals surface area contributed by atoms with Crippen LogP contribution in [0, 0.1) is 6.92 Å². The van der Waals surface area contributed by atoms with Crippen molar-refractivity contribution >= 4 is 0 Å². The summed E-state index contributed by atoms with van der Waals surface area (Å²) in [4.78, 5) is 1.98. The Kier molecular flexibility index (Phi) is 7.59. The van der Waals surface area contributed by atoms with Crippen LogP contribution >= 0.6 is 0 Å². The lowest BCUT2D eigenvalue weighted by atomic mass is 9.98. The number of hydrogen-bond acceptors (Lipinski definition) is 4. The second kappa shape index (κ2) is 8.95. The third kappa shape index (κ3) is 5.49. The molecule has 0 bridgehead atoms. The average molecular weight is 281 g/mol. The largest absolute Gasteiger partial charge is 0.492 e. The number of rotatable bonds is 9. The minimum Gasteiger partial charge on any atom is -0.492 e. The summed E-state index contributed by atoms with van der Waals surface area (Å²) in [5.41, 5.74) is 2.60. The molecule has 0 aliphatic carbocycles. The van der Waals surface area contributed by atoms with Crippen LogP contribution in [0.1, 0.15) is 30.9 Å². The van der Waals surface area contributed by atoms with E-state index in [1.54, 1.807) is 0 Å². The Morgan fingerprint density at radius 3 is 2.25 bits per heavy atom. The van der Waals surface area contributed by atoms with Gasteiger partial charge in [0.05, 0.1) is 13.2 Å². The molecule has 4 heteroatoms. The summed E-state index contributed by atoms with van der Waals surface area (Å²) < 4.78 is 5.74. The smallest absolute Gasteiger partial charge is 0.119 e. The van der Waals surface area contributed by atoms with Crippen molar-refractivity contribution in [3.8, 4) is 5.75 Å². The van der Waals surface area contributed by atoms with Gasteiger partial charge in [0.25, 0.3) is 0 Å². The van der Waals surface area contributed by atoms with Crippen molar-refractivity contribution in [2.24, 2.45) is 0 Å². The molecule has 2 N–H and O–H groups in total. The first-order valence-corrected chi connectivity index (χ1v) is 7.26. The van der Waals surface area contributed by atoms with E-state index in [0.29, 0.717) is 32.2 Å². The summed E-state index contributed by atoms with van der Waals surface area (Å²) in [6.45, 7) is 9.06. The van der Waals surface area contributed by atoms with Crippen LogP contribution in [0.15, 0.2) is 18.2 Å².